The highest BCUT2D eigenvalue weighted by atomic mass is 35.5. The van der Waals surface area contributed by atoms with E-state index in [4.69, 9.17) is 33.7 Å². The van der Waals surface area contributed by atoms with Crippen LogP contribution in [-0.2, 0) is 16.1 Å². The predicted molar refractivity (Wildman–Crippen MR) is 74.0 cm³/mol. The molecule has 0 aliphatic heterocycles. The number of nitrogens with two attached hydrogens (primary N) is 1. The second-order valence-corrected chi connectivity index (χ2v) is 5.61. The summed E-state index contributed by atoms with van der Waals surface area (Å²) in [6, 6.07) is 3.38. The smallest absolute Gasteiger partial charge is 0.306 e. The van der Waals surface area contributed by atoms with Gasteiger partial charge in [-0.2, -0.15) is 0 Å². The van der Waals surface area contributed by atoms with Crippen LogP contribution in [0.4, 0.5) is 0 Å². The lowest BCUT2D eigenvalue weighted by Gasteiger charge is -2.14. The Bertz CT molecular complexity index is 448. The van der Waals surface area contributed by atoms with Crippen molar-refractivity contribution in [2.75, 3.05) is 0 Å². The number of ether oxygens (including phenoxy) is 1. The molecule has 0 radical (unpaired) electrons. The predicted octanol–water partition coefficient (Wildman–Crippen LogP) is 2.95. The van der Waals surface area contributed by atoms with Crippen molar-refractivity contribution in [3.05, 3.63) is 28.0 Å². The molecule has 4 nitrogen and oxygen atoms in total. The van der Waals surface area contributed by atoms with Gasteiger partial charge in [-0.25, -0.2) is 4.98 Å². The summed E-state index contributed by atoms with van der Waals surface area (Å²) in [5.41, 5.74) is 6.65. The lowest BCUT2D eigenvalue weighted by Crippen LogP contribution is -2.26. The third kappa shape index (κ3) is 4.34. The molecule has 1 aromatic heterocycles. The molecule has 0 spiro atoms. The van der Waals surface area contributed by atoms with Crippen LogP contribution in [0.15, 0.2) is 12.1 Å². The third-order valence-corrected chi connectivity index (χ3v) is 3.76. The Labute approximate surface area is 122 Å². The molecule has 1 fully saturated rings. The van der Waals surface area contributed by atoms with Crippen LogP contribution in [-0.4, -0.2) is 17.0 Å². The molecule has 2 N–H and O–H groups in total. The van der Waals surface area contributed by atoms with Crippen LogP contribution in [0.1, 0.15) is 31.2 Å². The van der Waals surface area contributed by atoms with E-state index in [0.717, 1.165) is 24.8 Å². The maximum Gasteiger partial charge on any atom is 0.306 e. The summed E-state index contributed by atoms with van der Waals surface area (Å²) in [6.45, 7) is 0.156. The normalized spacial score (nSPS) is 22.5. The van der Waals surface area contributed by atoms with Crippen LogP contribution in [0.5, 0.6) is 0 Å². The summed E-state index contributed by atoms with van der Waals surface area (Å²) in [7, 11) is 0. The number of pyridine rings is 1. The van der Waals surface area contributed by atoms with Gasteiger partial charge in [0.1, 0.15) is 16.9 Å². The number of hydrogen-bond acceptors (Lipinski definition) is 4. The average Bonchev–Trinajstić information content (AvgIpc) is 2.71. The molecule has 1 aliphatic rings. The van der Waals surface area contributed by atoms with Crippen molar-refractivity contribution in [3.63, 3.8) is 0 Å². The van der Waals surface area contributed by atoms with E-state index in [1.165, 1.54) is 0 Å². The van der Waals surface area contributed by atoms with Gasteiger partial charge in [-0.05, 0) is 36.5 Å². The summed E-state index contributed by atoms with van der Waals surface area (Å²) >= 11 is 11.5. The number of nitrogens with zero attached hydrogens (tertiary/aromatic N) is 1. The SMILES string of the molecule is N[C@H]1CCC[C@H]1CC(=O)OCc1cc(Cl)nc(Cl)c1. The number of esters is 1. The maximum atomic E-state index is 11.7. The molecule has 0 saturated heterocycles. The number of halogens is 2. The fourth-order valence-corrected chi connectivity index (χ4v) is 2.86. The van der Waals surface area contributed by atoms with Gasteiger partial charge in [0, 0.05) is 12.5 Å². The van der Waals surface area contributed by atoms with E-state index in [-0.39, 0.29) is 34.8 Å². The molecular weight excluding hydrogens is 287 g/mol. The van der Waals surface area contributed by atoms with Gasteiger partial charge in [-0.1, -0.05) is 29.6 Å². The van der Waals surface area contributed by atoms with Crippen LogP contribution in [0.3, 0.4) is 0 Å². The number of hydrogen-bond donors (Lipinski definition) is 1. The molecule has 104 valence electrons. The zero-order chi connectivity index (χ0) is 13.8. The highest BCUT2D eigenvalue weighted by molar-refractivity contribution is 6.32. The zero-order valence-corrected chi connectivity index (χ0v) is 12.0. The van der Waals surface area contributed by atoms with E-state index in [1.807, 2.05) is 0 Å². The molecule has 2 atom stereocenters. The summed E-state index contributed by atoms with van der Waals surface area (Å²) in [5, 5.41) is 0.577. The van der Waals surface area contributed by atoms with Gasteiger partial charge >= 0.3 is 5.97 Å². The van der Waals surface area contributed by atoms with Crippen LogP contribution < -0.4 is 5.73 Å². The van der Waals surface area contributed by atoms with Crippen LogP contribution in [0.2, 0.25) is 10.3 Å². The van der Waals surface area contributed by atoms with Crippen molar-refractivity contribution in [1.82, 2.24) is 4.98 Å². The Morgan fingerprint density at radius 3 is 2.63 bits per heavy atom. The fourth-order valence-electron chi connectivity index (χ4n) is 2.35. The molecule has 0 aromatic carbocycles. The van der Waals surface area contributed by atoms with Crippen LogP contribution >= 0.6 is 23.2 Å². The van der Waals surface area contributed by atoms with Gasteiger partial charge in [0.2, 0.25) is 0 Å². The van der Waals surface area contributed by atoms with Gasteiger partial charge in [-0.15, -0.1) is 0 Å². The molecule has 0 unspecified atom stereocenters. The maximum absolute atomic E-state index is 11.7. The molecule has 0 bridgehead atoms. The number of carbonyl (C=O) groups is 1. The zero-order valence-electron chi connectivity index (χ0n) is 10.4. The Morgan fingerprint density at radius 1 is 1.37 bits per heavy atom. The monoisotopic (exact) mass is 302 g/mol. The molecule has 1 aliphatic carbocycles. The molecule has 19 heavy (non-hydrogen) atoms. The molecule has 6 heteroatoms. The van der Waals surface area contributed by atoms with Gasteiger partial charge in [-0.3, -0.25) is 4.79 Å². The van der Waals surface area contributed by atoms with Gasteiger partial charge in [0.15, 0.2) is 0 Å². The molecule has 1 aromatic rings. The highest BCUT2D eigenvalue weighted by Crippen LogP contribution is 2.27. The number of carbonyl (C=O) groups excluding carboxylic acids is 1. The molecule has 1 heterocycles. The van der Waals surface area contributed by atoms with Gasteiger partial charge in [0.25, 0.3) is 0 Å². The summed E-state index contributed by atoms with van der Waals surface area (Å²) in [4.78, 5) is 15.6. The van der Waals surface area contributed by atoms with Crippen LogP contribution in [0.25, 0.3) is 0 Å². The summed E-state index contributed by atoms with van der Waals surface area (Å²) < 4.78 is 5.21. The van der Waals surface area contributed by atoms with E-state index < -0.39 is 0 Å². The lowest BCUT2D eigenvalue weighted by molar-refractivity contribution is -0.146. The second kappa shape index (κ2) is 6.55. The Kier molecular flexibility index (Phi) is 5.02. The van der Waals surface area contributed by atoms with E-state index in [0.29, 0.717) is 6.42 Å². The topological polar surface area (TPSA) is 65.2 Å². The Balaban J connectivity index is 1.83. The van der Waals surface area contributed by atoms with Crippen molar-refractivity contribution in [2.45, 2.75) is 38.3 Å². The Morgan fingerprint density at radius 2 is 2.05 bits per heavy atom. The van der Waals surface area contributed by atoms with Gasteiger partial charge < -0.3 is 10.5 Å². The van der Waals surface area contributed by atoms with E-state index in [2.05, 4.69) is 4.98 Å². The lowest BCUT2D eigenvalue weighted by atomic mass is 10.0. The first-order chi connectivity index (χ1) is 9.04. The summed E-state index contributed by atoms with van der Waals surface area (Å²) in [5.74, 6) is 0.0172. The van der Waals surface area contributed by atoms with Crippen molar-refractivity contribution >= 4 is 29.2 Å². The molecule has 2 rings (SSSR count). The van der Waals surface area contributed by atoms with Crippen LogP contribution in [0, 0.1) is 5.92 Å². The standard InChI is InChI=1S/C13H16Cl2N2O2/c14-11-4-8(5-12(15)17-11)7-19-13(18)6-9-2-1-3-10(9)16/h4-5,9-10H,1-3,6-7,16H2/t9-,10-/m0/s1. The quantitative estimate of drug-likeness (QED) is 0.686. The second-order valence-electron chi connectivity index (χ2n) is 4.84. The van der Waals surface area contributed by atoms with E-state index in [9.17, 15) is 4.79 Å². The average molecular weight is 303 g/mol. The highest BCUT2D eigenvalue weighted by Gasteiger charge is 2.26. The first kappa shape index (κ1) is 14.6. The van der Waals surface area contributed by atoms with Crippen molar-refractivity contribution < 1.29 is 9.53 Å². The number of rotatable bonds is 4. The van der Waals surface area contributed by atoms with Crippen molar-refractivity contribution in [3.8, 4) is 0 Å². The molecule has 0 amide bonds. The first-order valence-corrected chi connectivity index (χ1v) is 7.03. The minimum atomic E-state index is -0.230. The third-order valence-electron chi connectivity index (χ3n) is 3.37. The van der Waals surface area contributed by atoms with E-state index in [1.54, 1.807) is 12.1 Å². The van der Waals surface area contributed by atoms with E-state index >= 15 is 0 Å². The molecule has 1 saturated carbocycles. The molecular formula is C13H16Cl2N2O2. The van der Waals surface area contributed by atoms with Gasteiger partial charge in [0.05, 0.1) is 0 Å². The largest absolute Gasteiger partial charge is 0.461 e. The minimum absolute atomic E-state index is 0.123. The Hall–Kier alpha value is -0.840. The fraction of sp³-hybridized carbons (Fsp3) is 0.538. The van der Waals surface area contributed by atoms with Crippen molar-refractivity contribution in [2.24, 2.45) is 11.7 Å². The number of aromatic nitrogens is 1. The summed E-state index contributed by atoms with van der Waals surface area (Å²) in [6.07, 6.45) is 3.47. The minimum Gasteiger partial charge on any atom is -0.461 e. The van der Waals surface area contributed by atoms with Crippen molar-refractivity contribution in [1.29, 1.82) is 0 Å². The first-order valence-electron chi connectivity index (χ1n) is 6.28.